The summed E-state index contributed by atoms with van der Waals surface area (Å²) in [5, 5.41) is -1.14. The van der Waals surface area contributed by atoms with Crippen molar-refractivity contribution in [1.29, 1.82) is 0 Å². The Balaban J connectivity index is 2.09. The van der Waals surface area contributed by atoms with Crippen LogP contribution in [-0.2, 0) is 19.4 Å². The van der Waals surface area contributed by atoms with Gasteiger partial charge in [0.25, 0.3) is 0 Å². The van der Waals surface area contributed by atoms with E-state index in [-0.39, 0.29) is 16.7 Å². The Bertz CT molecular complexity index is 649. The van der Waals surface area contributed by atoms with Gasteiger partial charge < -0.3 is 10.6 Å². The number of amides is 2. The van der Waals surface area contributed by atoms with E-state index in [0.717, 1.165) is 0 Å². The highest BCUT2D eigenvalue weighted by molar-refractivity contribution is 7.92. The van der Waals surface area contributed by atoms with Crippen LogP contribution in [0.3, 0.4) is 0 Å². The second-order valence-electron chi connectivity index (χ2n) is 5.50. The topological polar surface area (TPSA) is 97.5 Å². The SMILES string of the molecule is C[C@H](C(=O)N1CCC(C(N)=O)CC1)S(=O)(=O)c1ccccc1. The molecule has 2 amide bonds. The first kappa shape index (κ1) is 16.5. The maximum Gasteiger partial charge on any atom is 0.241 e. The van der Waals surface area contributed by atoms with E-state index in [1.807, 2.05) is 0 Å². The summed E-state index contributed by atoms with van der Waals surface area (Å²) in [6.45, 7) is 2.13. The summed E-state index contributed by atoms with van der Waals surface area (Å²) in [5.41, 5.74) is 5.26. The van der Waals surface area contributed by atoms with Crippen molar-refractivity contribution in [3.8, 4) is 0 Å². The molecule has 6 nitrogen and oxygen atoms in total. The van der Waals surface area contributed by atoms with Crippen LogP contribution in [0.4, 0.5) is 0 Å². The van der Waals surface area contributed by atoms with E-state index in [0.29, 0.717) is 25.9 Å². The fourth-order valence-corrected chi connectivity index (χ4v) is 3.95. The molecule has 2 N–H and O–H groups in total. The first-order chi connectivity index (χ1) is 10.3. The molecule has 1 aliphatic rings. The fraction of sp³-hybridized carbons (Fsp3) is 0.467. The van der Waals surface area contributed by atoms with Crippen molar-refractivity contribution in [2.75, 3.05) is 13.1 Å². The molecular weight excluding hydrogens is 304 g/mol. The number of nitrogens with zero attached hydrogens (tertiary/aromatic N) is 1. The van der Waals surface area contributed by atoms with Crippen molar-refractivity contribution < 1.29 is 18.0 Å². The lowest BCUT2D eigenvalue weighted by atomic mass is 9.96. The molecule has 0 spiro atoms. The van der Waals surface area contributed by atoms with E-state index in [1.54, 1.807) is 18.2 Å². The third-order valence-corrected chi connectivity index (χ3v) is 6.16. The number of piperidine rings is 1. The maximum atomic E-state index is 12.5. The molecule has 0 saturated carbocycles. The molecule has 120 valence electrons. The molecule has 0 bridgehead atoms. The molecule has 0 radical (unpaired) electrons. The van der Waals surface area contributed by atoms with E-state index in [4.69, 9.17) is 5.73 Å². The van der Waals surface area contributed by atoms with Gasteiger partial charge in [-0.1, -0.05) is 18.2 Å². The molecule has 0 aliphatic carbocycles. The second-order valence-corrected chi connectivity index (χ2v) is 7.77. The van der Waals surface area contributed by atoms with Crippen LogP contribution in [0.5, 0.6) is 0 Å². The molecule has 1 atom stereocenters. The highest BCUT2D eigenvalue weighted by Crippen LogP contribution is 2.21. The lowest BCUT2D eigenvalue weighted by molar-refractivity contribution is -0.134. The largest absolute Gasteiger partial charge is 0.369 e. The van der Waals surface area contributed by atoms with Gasteiger partial charge in [-0.25, -0.2) is 8.42 Å². The lowest BCUT2D eigenvalue weighted by Crippen LogP contribution is -2.47. The summed E-state index contributed by atoms with van der Waals surface area (Å²) >= 11 is 0. The van der Waals surface area contributed by atoms with Crippen LogP contribution in [0.1, 0.15) is 19.8 Å². The molecule has 0 unspecified atom stereocenters. The summed E-state index contributed by atoms with van der Waals surface area (Å²) in [4.78, 5) is 25.2. The Morgan fingerprint density at radius 2 is 1.73 bits per heavy atom. The van der Waals surface area contributed by atoms with Gasteiger partial charge in [0.2, 0.25) is 11.8 Å². The van der Waals surface area contributed by atoms with Crippen LogP contribution >= 0.6 is 0 Å². The van der Waals surface area contributed by atoms with Crippen molar-refractivity contribution in [2.24, 2.45) is 11.7 Å². The Morgan fingerprint density at radius 3 is 2.23 bits per heavy atom. The summed E-state index contributed by atoms with van der Waals surface area (Å²) < 4.78 is 24.9. The smallest absolute Gasteiger partial charge is 0.241 e. The molecule has 7 heteroatoms. The maximum absolute atomic E-state index is 12.5. The number of carbonyl (C=O) groups excluding carboxylic acids is 2. The molecule has 0 aromatic heterocycles. The van der Waals surface area contributed by atoms with Gasteiger partial charge in [0.15, 0.2) is 9.84 Å². The van der Waals surface area contributed by atoms with Crippen LogP contribution in [0.25, 0.3) is 0 Å². The highest BCUT2D eigenvalue weighted by atomic mass is 32.2. The summed E-state index contributed by atoms with van der Waals surface area (Å²) in [7, 11) is -3.70. The van der Waals surface area contributed by atoms with Crippen molar-refractivity contribution >= 4 is 21.7 Å². The number of hydrogen-bond acceptors (Lipinski definition) is 4. The van der Waals surface area contributed by atoms with Gasteiger partial charge in [-0.15, -0.1) is 0 Å². The van der Waals surface area contributed by atoms with Gasteiger partial charge in [0, 0.05) is 19.0 Å². The number of nitrogens with two attached hydrogens (primary N) is 1. The van der Waals surface area contributed by atoms with Crippen molar-refractivity contribution in [1.82, 2.24) is 4.90 Å². The Kier molecular flexibility index (Phi) is 4.85. The number of sulfone groups is 1. The number of hydrogen-bond donors (Lipinski definition) is 1. The molecule has 1 aromatic carbocycles. The molecule has 1 aromatic rings. The third kappa shape index (κ3) is 3.30. The van der Waals surface area contributed by atoms with Crippen LogP contribution in [0.2, 0.25) is 0 Å². The average molecular weight is 324 g/mol. The van der Waals surface area contributed by atoms with Crippen molar-refractivity contribution in [2.45, 2.75) is 29.9 Å². The minimum atomic E-state index is -3.70. The molecule has 2 rings (SSSR count). The van der Waals surface area contributed by atoms with Gasteiger partial charge >= 0.3 is 0 Å². The van der Waals surface area contributed by atoms with E-state index < -0.39 is 21.0 Å². The zero-order chi connectivity index (χ0) is 16.3. The van der Waals surface area contributed by atoms with E-state index >= 15 is 0 Å². The quantitative estimate of drug-likeness (QED) is 0.875. The minimum Gasteiger partial charge on any atom is -0.369 e. The fourth-order valence-electron chi connectivity index (χ4n) is 2.59. The molecule has 22 heavy (non-hydrogen) atoms. The first-order valence-corrected chi connectivity index (χ1v) is 8.75. The predicted octanol–water partition coefficient (Wildman–Crippen LogP) is 0.573. The summed E-state index contributed by atoms with van der Waals surface area (Å²) in [6.07, 6.45) is 0.971. The highest BCUT2D eigenvalue weighted by Gasteiger charge is 2.35. The van der Waals surface area contributed by atoms with Gasteiger partial charge in [0.05, 0.1) is 4.90 Å². The van der Waals surface area contributed by atoms with Crippen LogP contribution < -0.4 is 5.73 Å². The third-order valence-electron chi connectivity index (χ3n) is 4.09. The number of primary amides is 1. The van der Waals surface area contributed by atoms with Gasteiger partial charge in [-0.3, -0.25) is 9.59 Å². The van der Waals surface area contributed by atoms with Gasteiger partial charge in [0.1, 0.15) is 5.25 Å². The average Bonchev–Trinajstić information content (AvgIpc) is 2.54. The molecule has 1 saturated heterocycles. The number of carbonyl (C=O) groups is 2. The van der Waals surface area contributed by atoms with Crippen LogP contribution in [0, 0.1) is 5.92 Å². The zero-order valence-electron chi connectivity index (χ0n) is 12.4. The minimum absolute atomic E-state index is 0.142. The normalized spacial score (nSPS) is 18.0. The summed E-state index contributed by atoms with van der Waals surface area (Å²) in [6, 6.07) is 7.95. The van der Waals surface area contributed by atoms with Crippen molar-refractivity contribution in [3.63, 3.8) is 0 Å². The zero-order valence-corrected chi connectivity index (χ0v) is 13.3. The molecular formula is C15H20N2O4S. The van der Waals surface area contributed by atoms with Gasteiger partial charge in [-0.2, -0.15) is 0 Å². The molecule has 1 aliphatic heterocycles. The number of benzene rings is 1. The lowest BCUT2D eigenvalue weighted by Gasteiger charge is -2.32. The Morgan fingerprint density at radius 1 is 1.18 bits per heavy atom. The molecule has 1 fully saturated rings. The Labute approximate surface area is 130 Å². The van der Waals surface area contributed by atoms with Crippen LogP contribution in [-0.4, -0.2) is 43.5 Å². The summed E-state index contributed by atoms with van der Waals surface area (Å²) in [5.74, 6) is -1.02. The van der Waals surface area contributed by atoms with Gasteiger partial charge in [-0.05, 0) is 31.9 Å². The molecule has 1 heterocycles. The van der Waals surface area contributed by atoms with E-state index in [2.05, 4.69) is 0 Å². The second kappa shape index (κ2) is 6.48. The predicted molar refractivity (Wildman–Crippen MR) is 81.6 cm³/mol. The Hall–Kier alpha value is -1.89. The van der Waals surface area contributed by atoms with Crippen LogP contribution in [0.15, 0.2) is 35.2 Å². The van der Waals surface area contributed by atoms with E-state index in [1.165, 1.54) is 24.0 Å². The van der Waals surface area contributed by atoms with Crippen molar-refractivity contribution in [3.05, 3.63) is 30.3 Å². The first-order valence-electron chi connectivity index (χ1n) is 7.21. The van der Waals surface area contributed by atoms with E-state index in [9.17, 15) is 18.0 Å². The standard InChI is InChI=1S/C15H20N2O4S/c1-11(22(20,21)13-5-3-2-4-6-13)15(19)17-9-7-12(8-10-17)14(16)18/h2-6,11-12H,7-10H2,1H3,(H2,16,18)/t11-/m1/s1. The number of likely N-dealkylation sites (tertiary alicyclic amines) is 1. The monoisotopic (exact) mass is 324 g/mol. The number of rotatable bonds is 4.